The maximum Gasteiger partial charge on any atom is 0.390 e. The molecule has 0 aliphatic carbocycles. The van der Waals surface area contributed by atoms with Crippen LogP contribution in [0, 0.1) is 5.92 Å². The van der Waals surface area contributed by atoms with Crippen LogP contribution in [0.3, 0.4) is 0 Å². The first-order valence-corrected chi connectivity index (χ1v) is 8.31. The second-order valence-electron chi connectivity index (χ2n) is 6.63. The van der Waals surface area contributed by atoms with Crippen LogP contribution in [-0.4, -0.2) is 48.5 Å². The van der Waals surface area contributed by atoms with E-state index in [1.165, 1.54) is 16.5 Å². The molecule has 0 spiro atoms. The number of aromatic nitrogens is 1. The lowest BCUT2D eigenvalue weighted by molar-refractivity contribution is -0.138. The number of hydrogen-bond acceptors (Lipinski definition) is 2. The zero-order valence-electron chi connectivity index (χ0n) is 13.9. The van der Waals surface area contributed by atoms with Crippen molar-refractivity contribution in [3.8, 4) is 0 Å². The number of ether oxygens (including phenoxy) is 1. The molecule has 0 N–H and O–H groups in total. The third kappa shape index (κ3) is 4.51. The van der Waals surface area contributed by atoms with Gasteiger partial charge in [0.15, 0.2) is 0 Å². The molecule has 1 aliphatic rings. The molecule has 6 heteroatoms. The minimum Gasteiger partial charge on any atom is -0.380 e. The number of fused-ring (bicyclic) bond motifs is 1. The molecule has 3 nitrogen and oxygen atoms in total. The first-order valence-electron chi connectivity index (χ1n) is 8.31. The van der Waals surface area contributed by atoms with E-state index >= 15 is 0 Å². The summed E-state index contributed by atoms with van der Waals surface area (Å²) in [4.78, 5) is 1.88. The highest BCUT2D eigenvalue weighted by atomic mass is 19.4. The molecule has 1 aromatic heterocycles. The summed E-state index contributed by atoms with van der Waals surface area (Å²) in [5, 5.41) is 1.19. The van der Waals surface area contributed by atoms with E-state index in [0.29, 0.717) is 26.3 Å². The predicted octanol–water partition coefficient (Wildman–Crippen LogP) is 3.62. The average molecular weight is 340 g/mol. The van der Waals surface area contributed by atoms with Gasteiger partial charge in [0.05, 0.1) is 19.6 Å². The van der Waals surface area contributed by atoms with Crippen LogP contribution < -0.4 is 0 Å². The van der Waals surface area contributed by atoms with Gasteiger partial charge in [0.25, 0.3) is 0 Å². The third-order valence-corrected chi connectivity index (χ3v) is 4.61. The molecule has 0 saturated carbocycles. The number of benzene rings is 1. The zero-order chi connectivity index (χ0) is 17.2. The Hall–Kier alpha value is -1.53. The van der Waals surface area contributed by atoms with Crippen LogP contribution in [-0.2, 0) is 18.2 Å². The van der Waals surface area contributed by atoms with Crippen molar-refractivity contribution in [2.24, 2.45) is 13.0 Å². The van der Waals surface area contributed by atoms with Crippen LogP contribution in [0.15, 0.2) is 30.5 Å². The molecule has 1 atom stereocenters. The minimum absolute atomic E-state index is 0.0566. The molecule has 24 heavy (non-hydrogen) atoms. The summed E-state index contributed by atoms with van der Waals surface area (Å²) in [6.07, 6.45) is -1.99. The molecule has 1 aliphatic heterocycles. The Morgan fingerprint density at radius 1 is 1.25 bits per heavy atom. The Balaban J connectivity index is 1.63. The largest absolute Gasteiger partial charge is 0.390 e. The smallest absolute Gasteiger partial charge is 0.380 e. The van der Waals surface area contributed by atoms with Gasteiger partial charge < -0.3 is 14.2 Å². The fourth-order valence-corrected chi connectivity index (χ4v) is 3.36. The van der Waals surface area contributed by atoms with E-state index in [2.05, 4.69) is 28.8 Å². The fourth-order valence-electron chi connectivity index (χ4n) is 3.36. The van der Waals surface area contributed by atoms with Gasteiger partial charge in [-0.2, -0.15) is 13.2 Å². The SMILES string of the molecule is Cn1ccc2cc(C[C@H]3COCCN(CCC(F)(F)F)C3)ccc21. The van der Waals surface area contributed by atoms with E-state index in [4.69, 9.17) is 4.74 Å². The third-order valence-electron chi connectivity index (χ3n) is 4.61. The number of halogens is 3. The summed E-state index contributed by atoms with van der Waals surface area (Å²) < 4.78 is 45.0. The van der Waals surface area contributed by atoms with Gasteiger partial charge in [0, 0.05) is 38.4 Å². The van der Waals surface area contributed by atoms with E-state index in [1.807, 2.05) is 18.1 Å². The predicted molar refractivity (Wildman–Crippen MR) is 88.0 cm³/mol. The molecular formula is C18H23F3N2O. The summed E-state index contributed by atoms with van der Waals surface area (Å²) in [6, 6.07) is 8.45. The van der Waals surface area contributed by atoms with Crippen molar-refractivity contribution in [1.82, 2.24) is 9.47 Å². The molecule has 0 amide bonds. The highest BCUT2D eigenvalue weighted by Gasteiger charge is 2.29. The topological polar surface area (TPSA) is 17.4 Å². The molecule has 1 fully saturated rings. The van der Waals surface area contributed by atoms with Gasteiger partial charge in [0.1, 0.15) is 0 Å². The fraction of sp³-hybridized carbons (Fsp3) is 0.556. The summed E-state index contributed by atoms with van der Waals surface area (Å²) >= 11 is 0. The van der Waals surface area contributed by atoms with Crippen LogP contribution in [0.5, 0.6) is 0 Å². The molecule has 2 heterocycles. The zero-order valence-corrected chi connectivity index (χ0v) is 13.9. The van der Waals surface area contributed by atoms with Crippen LogP contribution in [0.4, 0.5) is 13.2 Å². The molecular weight excluding hydrogens is 317 g/mol. The van der Waals surface area contributed by atoms with Crippen LogP contribution >= 0.6 is 0 Å². The van der Waals surface area contributed by atoms with Crippen LogP contribution in [0.25, 0.3) is 10.9 Å². The van der Waals surface area contributed by atoms with E-state index in [1.54, 1.807) is 0 Å². The average Bonchev–Trinajstić information content (AvgIpc) is 2.74. The summed E-state index contributed by atoms with van der Waals surface area (Å²) in [7, 11) is 2.01. The summed E-state index contributed by atoms with van der Waals surface area (Å²) in [6.45, 7) is 2.40. The maximum absolute atomic E-state index is 12.4. The van der Waals surface area contributed by atoms with Crippen molar-refractivity contribution in [3.05, 3.63) is 36.0 Å². The molecule has 0 unspecified atom stereocenters. The molecule has 132 valence electrons. The Kier molecular flexibility index (Phi) is 5.15. The van der Waals surface area contributed by atoms with Gasteiger partial charge in [-0.3, -0.25) is 0 Å². The monoisotopic (exact) mass is 340 g/mol. The van der Waals surface area contributed by atoms with E-state index in [-0.39, 0.29) is 12.5 Å². The van der Waals surface area contributed by atoms with Crippen LogP contribution in [0.1, 0.15) is 12.0 Å². The lowest BCUT2D eigenvalue weighted by Crippen LogP contribution is -2.33. The van der Waals surface area contributed by atoms with E-state index < -0.39 is 12.6 Å². The Morgan fingerprint density at radius 2 is 2.08 bits per heavy atom. The molecule has 0 bridgehead atoms. The number of nitrogens with zero attached hydrogens (tertiary/aromatic N) is 2. The lowest BCUT2D eigenvalue weighted by Gasteiger charge is -2.24. The molecule has 2 aromatic rings. The van der Waals surface area contributed by atoms with Crippen molar-refractivity contribution in [1.29, 1.82) is 0 Å². The van der Waals surface area contributed by atoms with Crippen molar-refractivity contribution in [2.75, 3.05) is 32.8 Å². The minimum atomic E-state index is -4.10. The lowest BCUT2D eigenvalue weighted by atomic mass is 9.98. The van der Waals surface area contributed by atoms with E-state index in [9.17, 15) is 13.2 Å². The van der Waals surface area contributed by atoms with E-state index in [0.717, 1.165) is 6.42 Å². The molecule has 3 rings (SSSR count). The van der Waals surface area contributed by atoms with Gasteiger partial charge in [-0.15, -0.1) is 0 Å². The van der Waals surface area contributed by atoms with Gasteiger partial charge in [0.2, 0.25) is 0 Å². The van der Waals surface area contributed by atoms with Crippen molar-refractivity contribution in [2.45, 2.75) is 19.0 Å². The van der Waals surface area contributed by atoms with Crippen molar-refractivity contribution < 1.29 is 17.9 Å². The number of hydrogen-bond donors (Lipinski definition) is 0. The normalized spacial score (nSPS) is 20.4. The standard InChI is InChI=1S/C18H23F3N2O/c1-22-6-4-16-11-14(2-3-17(16)22)10-15-12-23(8-9-24-13-15)7-5-18(19,20)21/h2-4,6,11,15H,5,7-10,12-13H2,1H3/t15-/m1/s1. The molecule has 1 saturated heterocycles. The van der Waals surface area contributed by atoms with Gasteiger partial charge in [-0.05, 0) is 41.5 Å². The Morgan fingerprint density at radius 3 is 2.88 bits per heavy atom. The molecule has 0 radical (unpaired) electrons. The highest BCUT2D eigenvalue weighted by molar-refractivity contribution is 5.80. The van der Waals surface area contributed by atoms with Gasteiger partial charge in [-0.1, -0.05) is 6.07 Å². The second kappa shape index (κ2) is 7.15. The maximum atomic E-state index is 12.4. The first kappa shape index (κ1) is 17.3. The van der Waals surface area contributed by atoms with Crippen molar-refractivity contribution in [3.63, 3.8) is 0 Å². The second-order valence-corrected chi connectivity index (χ2v) is 6.63. The van der Waals surface area contributed by atoms with Gasteiger partial charge >= 0.3 is 6.18 Å². The Labute approximate surface area is 140 Å². The number of alkyl halides is 3. The number of rotatable bonds is 4. The summed E-state index contributed by atoms with van der Waals surface area (Å²) in [5.41, 5.74) is 2.39. The summed E-state index contributed by atoms with van der Waals surface area (Å²) in [5.74, 6) is 0.224. The quantitative estimate of drug-likeness (QED) is 0.846. The van der Waals surface area contributed by atoms with Crippen molar-refractivity contribution >= 4 is 10.9 Å². The highest BCUT2D eigenvalue weighted by Crippen LogP contribution is 2.22. The molecule has 1 aromatic carbocycles. The first-order chi connectivity index (χ1) is 11.4. The number of aryl methyl sites for hydroxylation is 1. The Bertz CT molecular complexity index is 680. The van der Waals surface area contributed by atoms with Gasteiger partial charge in [-0.25, -0.2) is 0 Å². The van der Waals surface area contributed by atoms with Crippen LogP contribution in [0.2, 0.25) is 0 Å².